The van der Waals surface area contributed by atoms with Crippen LogP contribution in [-0.4, -0.2) is 14.7 Å². The molecule has 0 saturated heterocycles. The number of nitrogens with two attached hydrogens (primary N) is 1. The van der Waals surface area contributed by atoms with Gasteiger partial charge in [0, 0.05) is 6.26 Å². The molecule has 1 aromatic rings. The van der Waals surface area contributed by atoms with E-state index in [0.29, 0.717) is 0 Å². The summed E-state index contributed by atoms with van der Waals surface area (Å²) in [6.45, 7) is 0. The first kappa shape index (κ1) is 8.99. The van der Waals surface area contributed by atoms with Gasteiger partial charge in [0.2, 0.25) is 0 Å². The highest BCUT2D eigenvalue weighted by molar-refractivity contribution is 7.90. The van der Waals surface area contributed by atoms with Crippen LogP contribution >= 0.6 is 0 Å². The van der Waals surface area contributed by atoms with Crippen LogP contribution in [0.25, 0.3) is 0 Å². The summed E-state index contributed by atoms with van der Waals surface area (Å²) < 4.78 is 34.8. The number of rotatable bonds is 1. The molecule has 12 heavy (non-hydrogen) atoms. The molecule has 0 aliphatic rings. The van der Waals surface area contributed by atoms with Gasteiger partial charge in [0.25, 0.3) is 0 Å². The third-order valence-corrected chi connectivity index (χ3v) is 2.54. The summed E-state index contributed by atoms with van der Waals surface area (Å²) in [5.41, 5.74) is 5.23. The number of anilines is 1. The molecule has 5 heteroatoms. The zero-order chi connectivity index (χ0) is 9.35. The van der Waals surface area contributed by atoms with Crippen LogP contribution in [-0.2, 0) is 9.84 Å². The van der Waals surface area contributed by atoms with Crippen molar-refractivity contribution in [2.45, 2.75) is 4.90 Å². The second-order valence-corrected chi connectivity index (χ2v) is 4.38. The Morgan fingerprint density at radius 3 is 2.33 bits per heavy atom. The highest BCUT2D eigenvalue weighted by Crippen LogP contribution is 2.20. The number of hydrogen-bond acceptors (Lipinski definition) is 3. The molecule has 2 N–H and O–H groups in total. The van der Waals surface area contributed by atoms with Crippen LogP contribution in [0.3, 0.4) is 0 Å². The minimum Gasteiger partial charge on any atom is -0.398 e. The summed E-state index contributed by atoms with van der Waals surface area (Å²) in [6.07, 6.45) is 0.918. The van der Waals surface area contributed by atoms with E-state index in [-0.39, 0.29) is 5.69 Å². The van der Waals surface area contributed by atoms with Gasteiger partial charge in [0.15, 0.2) is 9.84 Å². The van der Waals surface area contributed by atoms with E-state index in [1.807, 2.05) is 0 Å². The number of nitrogen functional groups attached to an aromatic ring is 1. The molecule has 0 atom stereocenters. The normalized spacial score (nSPS) is 11.5. The predicted molar refractivity (Wildman–Crippen MR) is 43.9 cm³/mol. The predicted octanol–water partition coefficient (Wildman–Crippen LogP) is 0.811. The lowest BCUT2D eigenvalue weighted by Crippen LogP contribution is -2.04. The summed E-state index contributed by atoms with van der Waals surface area (Å²) in [7, 11) is -3.56. The van der Waals surface area contributed by atoms with E-state index in [4.69, 9.17) is 5.73 Å². The fourth-order valence-electron chi connectivity index (χ4n) is 0.917. The van der Waals surface area contributed by atoms with Gasteiger partial charge in [0.1, 0.15) is 10.7 Å². The second kappa shape index (κ2) is 2.75. The highest BCUT2D eigenvalue weighted by Gasteiger charge is 2.16. The fourth-order valence-corrected chi connectivity index (χ4v) is 1.84. The molecule has 0 bridgehead atoms. The minimum absolute atomic E-state index is 0.0579. The van der Waals surface area contributed by atoms with E-state index in [0.717, 1.165) is 12.3 Å². The highest BCUT2D eigenvalue weighted by atomic mass is 32.2. The maximum atomic E-state index is 12.9. The quantitative estimate of drug-likeness (QED) is 0.665. The van der Waals surface area contributed by atoms with Crippen molar-refractivity contribution in [2.24, 2.45) is 0 Å². The molecule has 0 heterocycles. The Hall–Kier alpha value is -1.10. The molecule has 3 nitrogen and oxygen atoms in total. The Morgan fingerprint density at radius 1 is 1.42 bits per heavy atom. The molecule has 1 rings (SSSR count). The van der Waals surface area contributed by atoms with Gasteiger partial charge in [-0.25, -0.2) is 12.8 Å². The van der Waals surface area contributed by atoms with Crippen molar-refractivity contribution in [3.8, 4) is 0 Å². The van der Waals surface area contributed by atoms with Gasteiger partial charge in [0.05, 0.1) is 5.69 Å². The average molecular weight is 189 g/mol. The van der Waals surface area contributed by atoms with E-state index in [1.165, 1.54) is 12.1 Å². The Kier molecular flexibility index (Phi) is 2.06. The summed E-state index contributed by atoms with van der Waals surface area (Å²) in [5, 5.41) is 0. The first-order valence-electron chi connectivity index (χ1n) is 3.17. The van der Waals surface area contributed by atoms with Gasteiger partial charge in [-0.15, -0.1) is 0 Å². The van der Waals surface area contributed by atoms with Crippen molar-refractivity contribution in [3.63, 3.8) is 0 Å². The second-order valence-electron chi connectivity index (χ2n) is 2.43. The number of halogens is 1. The molecule has 0 aromatic heterocycles. The standard InChI is InChI=1S/C7H8FNO2S/c1-12(10,11)7-5(8)3-2-4-6(7)9/h2-4H,9H2,1H3. The van der Waals surface area contributed by atoms with E-state index in [2.05, 4.69) is 0 Å². The maximum Gasteiger partial charge on any atom is 0.180 e. The van der Waals surface area contributed by atoms with Gasteiger partial charge in [-0.2, -0.15) is 0 Å². The van der Waals surface area contributed by atoms with Crippen LogP contribution in [0, 0.1) is 5.82 Å². The van der Waals surface area contributed by atoms with Gasteiger partial charge < -0.3 is 5.73 Å². The smallest absolute Gasteiger partial charge is 0.180 e. The first-order valence-corrected chi connectivity index (χ1v) is 5.06. The van der Waals surface area contributed by atoms with Gasteiger partial charge in [-0.3, -0.25) is 0 Å². The fraction of sp³-hybridized carbons (Fsp3) is 0.143. The lowest BCUT2D eigenvalue weighted by molar-refractivity contribution is 0.572. The lowest BCUT2D eigenvalue weighted by Gasteiger charge is -2.02. The molecule has 0 spiro atoms. The topological polar surface area (TPSA) is 60.2 Å². The van der Waals surface area contributed by atoms with E-state index >= 15 is 0 Å². The van der Waals surface area contributed by atoms with E-state index in [9.17, 15) is 12.8 Å². The molecule has 0 fully saturated rings. The number of sulfone groups is 1. The Balaban J connectivity index is 3.53. The monoisotopic (exact) mass is 189 g/mol. The molecule has 66 valence electrons. The summed E-state index contributed by atoms with van der Waals surface area (Å²) >= 11 is 0. The van der Waals surface area contributed by atoms with Crippen molar-refractivity contribution in [1.82, 2.24) is 0 Å². The molecular weight excluding hydrogens is 181 g/mol. The van der Waals surface area contributed by atoms with Crippen molar-refractivity contribution in [1.29, 1.82) is 0 Å². The van der Waals surface area contributed by atoms with Crippen LogP contribution in [0.5, 0.6) is 0 Å². The largest absolute Gasteiger partial charge is 0.398 e. The number of benzene rings is 1. The van der Waals surface area contributed by atoms with Crippen LogP contribution in [0.2, 0.25) is 0 Å². The Labute approximate surface area is 69.9 Å². The molecule has 0 aliphatic carbocycles. The SMILES string of the molecule is CS(=O)(=O)c1c(N)cccc1F. The van der Waals surface area contributed by atoms with Crippen molar-refractivity contribution in [2.75, 3.05) is 12.0 Å². The van der Waals surface area contributed by atoms with Crippen molar-refractivity contribution in [3.05, 3.63) is 24.0 Å². The van der Waals surface area contributed by atoms with Crippen LogP contribution < -0.4 is 5.73 Å². The van der Waals surface area contributed by atoms with Crippen LogP contribution in [0.15, 0.2) is 23.1 Å². The summed E-state index contributed by atoms with van der Waals surface area (Å²) in [5.74, 6) is -0.808. The maximum absolute atomic E-state index is 12.9. The zero-order valence-corrected chi connectivity index (χ0v) is 7.23. The van der Waals surface area contributed by atoms with Gasteiger partial charge >= 0.3 is 0 Å². The molecule has 0 aliphatic heterocycles. The van der Waals surface area contributed by atoms with Crippen molar-refractivity contribution < 1.29 is 12.8 Å². The van der Waals surface area contributed by atoms with Crippen molar-refractivity contribution >= 4 is 15.5 Å². The molecule has 0 unspecified atom stereocenters. The first-order chi connectivity index (χ1) is 5.43. The lowest BCUT2D eigenvalue weighted by atomic mass is 10.3. The van der Waals surface area contributed by atoms with E-state index in [1.54, 1.807) is 0 Å². The molecule has 0 saturated carbocycles. The summed E-state index contributed by atoms with van der Waals surface area (Å²) in [4.78, 5) is -0.426. The van der Waals surface area contributed by atoms with Crippen LogP contribution in [0.4, 0.5) is 10.1 Å². The minimum atomic E-state index is -3.56. The third kappa shape index (κ3) is 1.55. The molecular formula is C7H8FNO2S. The van der Waals surface area contributed by atoms with Gasteiger partial charge in [-0.1, -0.05) is 6.07 Å². The number of hydrogen-bond donors (Lipinski definition) is 1. The average Bonchev–Trinajstić information content (AvgIpc) is 1.82. The molecule has 0 amide bonds. The van der Waals surface area contributed by atoms with E-state index < -0.39 is 20.5 Å². The Bertz CT molecular complexity index is 380. The summed E-state index contributed by atoms with van der Waals surface area (Å²) in [6, 6.07) is 3.77. The van der Waals surface area contributed by atoms with Crippen LogP contribution in [0.1, 0.15) is 0 Å². The molecule has 0 radical (unpaired) electrons. The Morgan fingerprint density at radius 2 is 2.00 bits per heavy atom. The van der Waals surface area contributed by atoms with Gasteiger partial charge in [-0.05, 0) is 12.1 Å². The zero-order valence-electron chi connectivity index (χ0n) is 6.41. The third-order valence-electron chi connectivity index (χ3n) is 1.37. The molecule has 1 aromatic carbocycles.